The van der Waals surface area contributed by atoms with E-state index in [1.165, 1.54) is 11.3 Å². The van der Waals surface area contributed by atoms with E-state index >= 15 is 0 Å². The Balaban J connectivity index is 1.45. The lowest BCUT2D eigenvalue weighted by Crippen LogP contribution is -2.06. The van der Waals surface area contributed by atoms with Gasteiger partial charge in [-0.2, -0.15) is 5.10 Å². The van der Waals surface area contributed by atoms with Crippen LogP contribution in [0.2, 0.25) is 5.02 Å². The first kappa shape index (κ1) is 19.6. The summed E-state index contributed by atoms with van der Waals surface area (Å²) in [6, 6.07) is 8.88. The van der Waals surface area contributed by atoms with Gasteiger partial charge in [-0.25, -0.2) is 4.79 Å². The van der Waals surface area contributed by atoms with Crippen LogP contribution >= 0.6 is 22.9 Å². The monoisotopic (exact) mass is 430 g/mol. The summed E-state index contributed by atoms with van der Waals surface area (Å²) in [5, 5.41) is 14.1. The topological polar surface area (TPSA) is 83.0 Å². The fraction of sp³-hybridized carbons (Fsp3) is 0.300. The van der Waals surface area contributed by atoms with E-state index in [0.717, 1.165) is 28.0 Å². The summed E-state index contributed by atoms with van der Waals surface area (Å²) in [7, 11) is 0. The molecule has 0 bridgehead atoms. The molecule has 29 heavy (non-hydrogen) atoms. The Morgan fingerprint density at radius 1 is 1.28 bits per heavy atom. The maximum Gasteiger partial charge on any atom is 0.348 e. The first-order valence-corrected chi connectivity index (χ1v) is 10.3. The number of esters is 1. The van der Waals surface area contributed by atoms with Crippen LogP contribution < -0.4 is 0 Å². The number of halogens is 1. The summed E-state index contributed by atoms with van der Waals surface area (Å²) in [5.74, 6) is 0.612. The Kier molecular flexibility index (Phi) is 5.38. The molecule has 3 heterocycles. The molecule has 0 aliphatic carbocycles. The molecule has 0 amide bonds. The minimum Gasteiger partial charge on any atom is -0.451 e. The average molecular weight is 431 g/mol. The van der Waals surface area contributed by atoms with Crippen molar-refractivity contribution in [1.29, 1.82) is 0 Å². The number of aromatic nitrogens is 4. The zero-order valence-electron chi connectivity index (χ0n) is 16.2. The molecule has 0 saturated carbocycles. The number of thiophene rings is 1. The van der Waals surface area contributed by atoms with Crippen LogP contribution in [0.1, 0.15) is 35.1 Å². The van der Waals surface area contributed by atoms with Gasteiger partial charge in [-0.1, -0.05) is 25.4 Å². The lowest BCUT2D eigenvalue weighted by molar-refractivity contribution is 0.0444. The van der Waals surface area contributed by atoms with Crippen molar-refractivity contribution in [1.82, 2.24) is 20.0 Å². The highest BCUT2D eigenvalue weighted by Crippen LogP contribution is 2.29. The van der Waals surface area contributed by atoms with Gasteiger partial charge in [-0.3, -0.25) is 4.68 Å². The Hall–Kier alpha value is -2.71. The third-order valence-electron chi connectivity index (χ3n) is 4.23. The highest BCUT2D eigenvalue weighted by Gasteiger charge is 2.19. The number of aryl methyl sites for hydroxylation is 1. The molecule has 1 aromatic carbocycles. The van der Waals surface area contributed by atoms with E-state index < -0.39 is 5.97 Å². The first-order valence-electron chi connectivity index (χ1n) is 9.13. The molecule has 0 radical (unpaired) electrons. The summed E-state index contributed by atoms with van der Waals surface area (Å²) in [4.78, 5) is 14.0. The molecule has 7 nitrogen and oxygen atoms in total. The predicted molar refractivity (Wildman–Crippen MR) is 111 cm³/mol. The van der Waals surface area contributed by atoms with E-state index in [-0.39, 0.29) is 12.5 Å². The van der Waals surface area contributed by atoms with Gasteiger partial charge < -0.3 is 9.15 Å². The highest BCUT2D eigenvalue weighted by atomic mass is 35.5. The van der Waals surface area contributed by atoms with Crippen molar-refractivity contribution in [3.63, 3.8) is 0 Å². The van der Waals surface area contributed by atoms with Crippen molar-refractivity contribution >= 4 is 39.1 Å². The van der Waals surface area contributed by atoms with Gasteiger partial charge in [0.15, 0.2) is 6.61 Å². The standard InChI is InChI=1S/C20H19ClN4O3S/c1-11(2)9-25-19-15(12(3)24-25)8-16(29-19)20(26)27-10-17-22-23-18(28-17)13-4-6-14(21)7-5-13/h4-8,11H,9-10H2,1-3H3. The lowest BCUT2D eigenvalue weighted by atomic mass is 10.2. The number of carbonyl (C=O) groups excluding carboxylic acids is 1. The van der Waals surface area contributed by atoms with Crippen molar-refractivity contribution in [3.05, 3.63) is 51.8 Å². The first-order chi connectivity index (χ1) is 13.9. The van der Waals surface area contributed by atoms with Crippen molar-refractivity contribution in [2.45, 2.75) is 33.9 Å². The highest BCUT2D eigenvalue weighted by molar-refractivity contribution is 7.20. The van der Waals surface area contributed by atoms with Gasteiger partial charge in [-0.05, 0) is 43.2 Å². The van der Waals surface area contributed by atoms with Gasteiger partial charge in [0.2, 0.25) is 5.89 Å². The van der Waals surface area contributed by atoms with Gasteiger partial charge >= 0.3 is 5.97 Å². The van der Waals surface area contributed by atoms with Crippen molar-refractivity contribution in [3.8, 4) is 11.5 Å². The molecule has 3 aromatic heterocycles. The molecular formula is C20H19ClN4O3S. The molecule has 0 N–H and O–H groups in total. The molecule has 150 valence electrons. The summed E-state index contributed by atoms with van der Waals surface area (Å²) >= 11 is 7.26. The molecule has 0 spiro atoms. The molecule has 0 aliphatic heterocycles. The minimum absolute atomic E-state index is 0.0925. The maximum absolute atomic E-state index is 12.5. The molecule has 4 rings (SSSR count). The minimum atomic E-state index is -0.423. The van der Waals surface area contributed by atoms with Crippen LogP contribution in [0.5, 0.6) is 0 Å². The number of hydrogen-bond donors (Lipinski definition) is 0. The third-order valence-corrected chi connectivity index (χ3v) is 5.61. The van der Waals surface area contributed by atoms with Crippen molar-refractivity contribution < 1.29 is 13.9 Å². The molecular weight excluding hydrogens is 412 g/mol. The Labute approximate surface area is 176 Å². The second-order valence-electron chi connectivity index (χ2n) is 7.07. The number of fused-ring (bicyclic) bond motifs is 1. The van der Waals surface area contributed by atoms with Crippen LogP contribution in [0.15, 0.2) is 34.7 Å². The number of carbonyl (C=O) groups is 1. The lowest BCUT2D eigenvalue weighted by Gasteiger charge is -2.04. The number of benzene rings is 1. The fourth-order valence-electron chi connectivity index (χ4n) is 2.90. The number of rotatable bonds is 6. The number of ether oxygens (including phenoxy) is 1. The Morgan fingerprint density at radius 3 is 2.76 bits per heavy atom. The smallest absolute Gasteiger partial charge is 0.348 e. The van der Waals surface area contributed by atoms with Crippen LogP contribution in [0.4, 0.5) is 0 Å². The molecule has 9 heteroatoms. The normalized spacial score (nSPS) is 11.5. The zero-order chi connectivity index (χ0) is 20.5. The number of hydrogen-bond acceptors (Lipinski definition) is 7. The average Bonchev–Trinajstić information content (AvgIpc) is 3.38. The van der Waals surface area contributed by atoms with Crippen LogP contribution in [0.25, 0.3) is 21.7 Å². The molecule has 0 saturated heterocycles. The molecule has 0 unspecified atom stereocenters. The predicted octanol–water partition coefficient (Wildman–Crippen LogP) is 5.12. The Morgan fingerprint density at radius 2 is 2.03 bits per heavy atom. The van der Waals surface area contributed by atoms with Gasteiger partial charge in [0.1, 0.15) is 9.71 Å². The zero-order valence-corrected chi connectivity index (χ0v) is 17.8. The largest absolute Gasteiger partial charge is 0.451 e. The maximum atomic E-state index is 12.5. The quantitative estimate of drug-likeness (QED) is 0.394. The number of nitrogens with zero attached hydrogens (tertiary/aromatic N) is 4. The summed E-state index contributed by atoms with van der Waals surface area (Å²) in [5.41, 5.74) is 1.65. The summed E-state index contributed by atoms with van der Waals surface area (Å²) in [6.45, 7) is 6.92. The molecule has 0 aliphatic rings. The van der Waals surface area contributed by atoms with Crippen LogP contribution in [0, 0.1) is 12.8 Å². The van der Waals surface area contributed by atoms with Crippen LogP contribution in [-0.4, -0.2) is 25.9 Å². The van der Waals surface area contributed by atoms with Gasteiger partial charge in [0, 0.05) is 22.5 Å². The second-order valence-corrected chi connectivity index (χ2v) is 8.54. The summed E-state index contributed by atoms with van der Waals surface area (Å²) < 4.78 is 12.9. The van der Waals surface area contributed by atoms with Crippen LogP contribution in [-0.2, 0) is 17.9 Å². The Bertz CT molecular complexity index is 1160. The van der Waals surface area contributed by atoms with E-state index in [1.54, 1.807) is 24.3 Å². The molecule has 0 atom stereocenters. The van der Waals surface area contributed by atoms with Gasteiger partial charge in [-0.15, -0.1) is 21.5 Å². The third kappa shape index (κ3) is 4.18. The van der Waals surface area contributed by atoms with E-state index in [9.17, 15) is 4.79 Å². The molecule has 4 aromatic rings. The second kappa shape index (κ2) is 7.96. The van der Waals surface area contributed by atoms with E-state index in [2.05, 4.69) is 29.1 Å². The van der Waals surface area contributed by atoms with E-state index in [0.29, 0.717) is 21.7 Å². The van der Waals surface area contributed by atoms with Crippen LogP contribution in [0.3, 0.4) is 0 Å². The van der Waals surface area contributed by atoms with Gasteiger partial charge in [0.25, 0.3) is 5.89 Å². The van der Waals surface area contributed by atoms with Gasteiger partial charge in [0.05, 0.1) is 5.69 Å². The SMILES string of the molecule is Cc1nn(CC(C)C)c2sc(C(=O)OCc3nnc(-c4ccc(Cl)cc4)o3)cc12. The summed E-state index contributed by atoms with van der Waals surface area (Å²) in [6.07, 6.45) is 0. The van der Waals surface area contributed by atoms with Crippen molar-refractivity contribution in [2.24, 2.45) is 5.92 Å². The van der Waals surface area contributed by atoms with Crippen molar-refractivity contribution in [2.75, 3.05) is 0 Å². The fourth-order valence-corrected chi connectivity index (χ4v) is 4.09. The van der Waals surface area contributed by atoms with E-state index in [1.807, 2.05) is 17.7 Å². The van der Waals surface area contributed by atoms with E-state index in [4.69, 9.17) is 20.8 Å². The molecule has 0 fully saturated rings.